The van der Waals surface area contributed by atoms with Crippen LogP contribution in [-0.4, -0.2) is 10.2 Å². The van der Waals surface area contributed by atoms with Gasteiger partial charge in [0.15, 0.2) is 0 Å². The molecule has 0 aliphatic carbocycles. The van der Waals surface area contributed by atoms with Crippen LogP contribution in [0.4, 0.5) is 0 Å². The van der Waals surface area contributed by atoms with Gasteiger partial charge in [0, 0.05) is 10.2 Å². The van der Waals surface area contributed by atoms with E-state index in [0.29, 0.717) is 4.75 Å². The van der Waals surface area contributed by atoms with Crippen LogP contribution in [0.15, 0.2) is 0 Å². The number of thioether (sulfide) groups is 1. The van der Waals surface area contributed by atoms with Crippen molar-refractivity contribution in [3.8, 4) is 0 Å². The quantitative estimate of drug-likeness (QED) is 0.498. The maximum atomic E-state index is 2.70. The first-order chi connectivity index (χ1) is 3.06. The summed E-state index contributed by atoms with van der Waals surface area (Å²) < 4.78 is 0.446. The topological polar surface area (TPSA) is 0 Å². The van der Waals surface area contributed by atoms with Crippen LogP contribution in [0.5, 0.6) is 0 Å². The maximum Gasteiger partial charge on any atom is 0.00841 e. The second kappa shape index (κ2) is 2.94. The lowest BCUT2D eigenvalue weighted by atomic mass is 10.3. The van der Waals surface area contributed by atoms with Crippen LogP contribution >= 0.6 is 21.0 Å². The average molecular weight is 136 g/mol. The predicted molar refractivity (Wildman–Crippen MR) is 41.9 cm³/mol. The van der Waals surface area contributed by atoms with E-state index in [-0.39, 0.29) is 0 Å². The normalized spacial score (nSPS) is 12.0. The van der Waals surface area contributed by atoms with E-state index in [1.807, 2.05) is 11.8 Å². The van der Waals surface area contributed by atoms with E-state index < -0.39 is 0 Å². The second-order valence-electron chi connectivity index (χ2n) is 2.42. The van der Waals surface area contributed by atoms with Crippen molar-refractivity contribution in [1.82, 2.24) is 0 Å². The smallest absolute Gasteiger partial charge is 0.00841 e. The highest BCUT2D eigenvalue weighted by Gasteiger charge is 2.06. The molecule has 0 aromatic heterocycles. The molecule has 0 amide bonds. The van der Waals surface area contributed by atoms with E-state index in [1.54, 1.807) is 0 Å². The highest BCUT2D eigenvalue weighted by molar-refractivity contribution is 8.03. The van der Waals surface area contributed by atoms with E-state index >= 15 is 0 Å². The van der Waals surface area contributed by atoms with Gasteiger partial charge >= 0.3 is 0 Å². The first-order valence-electron chi connectivity index (χ1n) is 2.40. The number of rotatable bonds is 1. The molecule has 0 aliphatic heterocycles. The van der Waals surface area contributed by atoms with Gasteiger partial charge in [-0.15, -0.1) is 9.24 Å². The van der Waals surface area contributed by atoms with E-state index in [0.717, 1.165) is 5.49 Å². The van der Waals surface area contributed by atoms with Crippen molar-refractivity contribution in [2.45, 2.75) is 25.5 Å². The third kappa shape index (κ3) is 6.78. The molecule has 0 N–H and O–H groups in total. The van der Waals surface area contributed by atoms with Gasteiger partial charge in [-0.1, -0.05) is 20.8 Å². The molecule has 0 fully saturated rings. The fourth-order valence-corrected chi connectivity index (χ4v) is 2.25. The zero-order valence-electron chi connectivity index (χ0n) is 5.19. The molecule has 2 heteroatoms. The third-order valence-corrected chi connectivity index (χ3v) is 2.05. The Morgan fingerprint density at radius 1 is 1.43 bits per heavy atom. The number of hydrogen-bond acceptors (Lipinski definition) is 1. The minimum Gasteiger partial charge on any atom is -0.152 e. The SMILES string of the molecule is CC(C)(C)SCP. The molecule has 1 atom stereocenters. The van der Waals surface area contributed by atoms with Crippen molar-refractivity contribution in [2.75, 3.05) is 5.49 Å². The highest BCUT2D eigenvalue weighted by Crippen LogP contribution is 2.24. The lowest BCUT2D eigenvalue weighted by Crippen LogP contribution is -2.06. The molecule has 0 aromatic carbocycles. The molecule has 7 heavy (non-hydrogen) atoms. The van der Waals surface area contributed by atoms with Crippen molar-refractivity contribution in [3.05, 3.63) is 0 Å². The summed E-state index contributed by atoms with van der Waals surface area (Å²) in [6, 6.07) is 0. The summed E-state index contributed by atoms with van der Waals surface area (Å²) in [5.74, 6) is 0. The molecule has 0 heterocycles. The van der Waals surface area contributed by atoms with Crippen LogP contribution in [0.3, 0.4) is 0 Å². The van der Waals surface area contributed by atoms with Gasteiger partial charge in [-0.25, -0.2) is 0 Å². The molecule has 0 radical (unpaired) electrons. The van der Waals surface area contributed by atoms with Crippen LogP contribution in [0.25, 0.3) is 0 Å². The standard InChI is InChI=1S/C5H13PS/c1-5(2,3)7-4-6/h4,6H2,1-3H3. The minimum atomic E-state index is 0.446. The first kappa shape index (κ1) is 7.78. The fourth-order valence-electron chi connectivity index (χ4n) is 0.250. The van der Waals surface area contributed by atoms with Crippen LogP contribution in [0.2, 0.25) is 0 Å². The largest absolute Gasteiger partial charge is 0.152 e. The first-order valence-corrected chi connectivity index (χ1v) is 4.20. The molecular formula is C5H13PS. The summed E-state index contributed by atoms with van der Waals surface area (Å²) in [5.41, 5.74) is 1.14. The summed E-state index contributed by atoms with van der Waals surface area (Å²) in [5, 5.41) is 0. The van der Waals surface area contributed by atoms with E-state index in [9.17, 15) is 0 Å². The average Bonchev–Trinajstić information content (AvgIpc) is 1.30. The Balaban J connectivity index is 3.15. The zero-order chi connectivity index (χ0) is 5.91. The molecule has 0 spiro atoms. The molecule has 0 aliphatic rings. The molecule has 0 rings (SSSR count). The van der Waals surface area contributed by atoms with Crippen molar-refractivity contribution in [3.63, 3.8) is 0 Å². The molecule has 1 unspecified atom stereocenters. The van der Waals surface area contributed by atoms with Crippen molar-refractivity contribution >= 4 is 21.0 Å². The van der Waals surface area contributed by atoms with Gasteiger partial charge in [-0.3, -0.25) is 0 Å². The van der Waals surface area contributed by atoms with Gasteiger partial charge in [0.25, 0.3) is 0 Å². The van der Waals surface area contributed by atoms with Gasteiger partial charge < -0.3 is 0 Å². The van der Waals surface area contributed by atoms with Crippen LogP contribution in [-0.2, 0) is 0 Å². The Morgan fingerprint density at radius 3 is 1.86 bits per heavy atom. The van der Waals surface area contributed by atoms with Crippen LogP contribution < -0.4 is 0 Å². The van der Waals surface area contributed by atoms with E-state index in [4.69, 9.17) is 0 Å². The molecule has 44 valence electrons. The van der Waals surface area contributed by atoms with Crippen LogP contribution in [0.1, 0.15) is 20.8 Å². The number of hydrogen-bond donors (Lipinski definition) is 0. The van der Waals surface area contributed by atoms with Gasteiger partial charge in [-0.05, 0) is 0 Å². The monoisotopic (exact) mass is 136 g/mol. The van der Waals surface area contributed by atoms with Crippen molar-refractivity contribution in [2.24, 2.45) is 0 Å². The van der Waals surface area contributed by atoms with E-state index in [2.05, 4.69) is 30.0 Å². The Labute approximate surface area is 52.7 Å². The maximum absolute atomic E-state index is 2.70. The summed E-state index contributed by atoms with van der Waals surface area (Å²) >= 11 is 1.95. The molecule has 0 bridgehead atoms. The summed E-state index contributed by atoms with van der Waals surface area (Å²) in [7, 11) is 2.70. The highest BCUT2D eigenvalue weighted by atomic mass is 32.2. The Kier molecular flexibility index (Phi) is 3.27. The Bertz CT molecular complexity index is 46.5. The van der Waals surface area contributed by atoms with Gasteiger partial charge in [-0.2, -0.15) is 11.8 Å². The molecule has 0 saturated carbocycles. The second-order valence-corrected chi connectivity index (χ2v) is 5.27. The summed E-state index contributed by atoms with van der Waals surface area (Å²) in [6.07, 6.45) is 0. The molecule has 0 saturated heterocycles. The lowest BCUT2D eigenvalue weighted by molar-refractivity contribution is 0.806. The Hall–Kier alpha value is 0.780. The van der Waals surface area contributed by atoms with Gasteiger partial charge in [0.2, 0.25) is 0 Å². The zero-order valence-corrected chi connectivity index (χ0v) is 7.16. The summed E-state index contributed by atoms with van der Waals surface area (Å²) in [6.45, 7) is 6.67. The minimum absolute atomic E-state index is 0.446. The van der Waals surface area contributed by atoms with Crippen molar-refractivity contribution < 1.29 is 0 Å². The van der Waals surface area contributed by atoms with Gasteiger partial charge in [0.1, 0.15) is 0 Å². The van der Waals surface area contributed by atoms with Crippen molar-refractivity contribution in [1.29, 1.82) is 0 Å². The third-order valence-electron chi connectivity index (χ3n) is 0.516. The van der Waals surface area contributed by atoms with Crippen LogP contribution in [0, 0.1) is 0 Å². The predicted octanol–water partition coefficient (Wildman–Crippen LogP) is 2.35. The lowest BCUT2D eigenvalue weighted by Gasteiger charge is -2.14. The Morgan fingerprint density at radius 2 is 1.86 bits per heavy atom. The summed E-state index contributed by atoms with van der Waals surface area (Å²) in [4.78, 5) is 0. The molecule has 0 nitrogen and oxygen atoms in total. The molecule has 0 aromatic rings. The van der Waals surface area contributed by atoms with E-state index in [1.165, 1.54) is 0 Å². The van der Waals surface area contributed by atoms with Gasteiger partial charge in [0.05, 0.1) is 0 Å². The molecular weight excluding hydrogens is 123 g/mol. The fraction of sp³-hybridized carbons (Fsp3) is 1.00.